The predicted molar refractivity (Wildman–Crippen MR) is 80.0 cm³/mol. The average Bonchev–Trinajstić information content (AvgIpc) is 2.43. The van der Waals surface area contributed by atoms with Crippen molar-refractivity contribution < 1.29 is 19.4 Å². The summed E-state index contributed by atoms with van der Waals surface area (Å²) < 4.78 is 11.3. The molecule has 1 aliphatic heterocycles. The topological polar surface area (TPSA) is 59.0 Å². The van der Waals surface area contributed by atoms with Gasteiger partial charge < -0.3 is 14.6 Å². The van der Waals surface area contributed by atoms with Crippen molar-refractivity contribution in [1.82, 2.24) is 4.90 Å². The highest BCUT2D eigenvalue weighted by Gasteiger charge is 2.21. The average molecular weight is 293 g/mol. The maximum atomic E-state index is 10.7. The quantitative estimate of drug-likeness (QED) is 0.815. The minimum atomic E-state index is -0.919. The van der Waals surface area contributed by atoms with Gasteiger partial charge in [0.25, 0.3) is 0 Å². The van der Waals surface area contributed by atoms with Crippen molar-refractivity contribution in [2.75, 3.05) is 26.2 Å². The van der Waals surface area contributed by atoms with Crippen LogP contribution < -0.4 is 4.74 Å². The summed E-state index contributed by atoms with van der Waals surface area (Å²) in [4.78, 5) is 13.1. The number of benzene rings is 1. The van der Waals surface area contributed by atoms with Gasteiger partial charge in [-0.2, -0.15) is 0 Å². The molecule has 0 saturated carbocycles. The summed E-state index contributed by atoms with van der Waals surface area (Å²) in [7, 11) is 0. The van der Waals surface area contributed by atoms with E-state index < -0.39 is 5.97 Å². The lowest BCUT2D eigenvalue weighted by Gasteiger charge is -2.35. The van der Waals surface area contributed by atoms with Crippen LogP contribution in [0, 0.1) is 0 Å². The molecule has 1 aromatic rings. The molecule has 21 heavy (non-hydrogen) atoms. The van der Waals surface area contributed by atoms with E-state index in [0.717, 1.165) is 26.1 Å². The first kappa shape index (κ1) is 15.8. The van der Waals surface area contributed by atoms with Gasteiger partial charge in [0, 0.05) is 19.6 Å². The predicted octanol–water partition coefficient (Wildman–Crippen LogP) is 2.26. The third-order valence-corrected chi connectivity index (χ3v) is 3.48. The lowest BCUT2D eigenvalue weighted by Crippen LogP contribution is -2.45. The van der Waals surface area contributed by atoms with E-state index in [0.29, 0.717) is 24.6 Å². The van der Waals surface area contributed by atoms with Crippen molar-refractivity contribution in [3.8, 4) is 5.75 Å². The minimum absolute atomic E-state index is 0.277. The molecular weight excluding hydrogens is 270 g/mol. The molecule has 1 N–H and O–H groups in total. The zero-order chi connectivity index (χ0) is 15.2. The fourth-order valence-electron chi connectivity index (χ4n) is 2.64. The Morgan fingerprint density at radius 2 is 1.90 bits per heavy atom. The normalized spacial score (nSPS) is 23.0. The summed E-state index contributed by atoms with van der Waals surface area (Å²) in [5, 5.41) is 8.82. The highest BCUT2D eigenvalue weighted by Crippen LogP contribution is 2.13. The summed E-state index contributed by atoms with van der Waals surface area (Å²) in [6.07, 6.45) is 1.52. The zero-order valence-corrected chi connectivity index (χ0v) is 12.6. The Morgan fingerprint density at radius 1 is 1.29 bits per heavy atom. The van der Waals surface area contributed by atoms with Crippen molar-refractivity contribution in [2.24, 2.45) is 0 Å². The van der Waals surface area contributed by atoms with Crippen LogP contribution in [0.25, 0.3) is 0 Å². The second-order valence-corrected chi connectivity index (χ2v) is 5.55. The highest BCUT2D eigenvalue weighted by molar-refractivity contribution is 5.87. The molecule has 2 rings (SSSR count). The molecule has 116 valence electrons. The summed E-state index contributed by atoms with van der Waals surface area (Å²) in [6.45, 7) is 7.76. The maximum absolute atomic E-state index is 10.7. The van der Waals surface area contributed by atoms with Crippen LogP contribution in [-0.2, 0) is 4.74 Å². The van der Waals surface area contributed by atoms with E-state index >= 15 is 0 Å². The number of rotatable bonds is 6. The van der Waals surface area contributed by atoms with Crippen molar-refractivity contribution in [3.05, 3.63) is 29.8 Å². The van der Waals surface area contributed by atoms with Crippen LogP contribution in [0.3, 0.4) is 0 Å². The van der Waals surface area contributed by atoms with Crippen LogP contribution in [0.2, 0.25) is 0 Å². The van der Waals surface area contributed by atoms with E-state index in [-0.39, 0.29) is 5.56 Å². The first-order valence-electron chi connectivity index (χ1n) is 7.38. The number of carboxylic acid groups (broad SMARTS) is 1. The van der Waals surface area contributed by atoms with Gasteiger partial charge in [-0.05, 0) is 44.5 Å². The Labute approximate surface area is 125 Å². The van der Waals surface area contributed by atoms with Gasteiger partial charge in [0.2, 0.25) is 0 Å². The van der Waals surface area contributed by atoms with E-state index in [9.17, 15) is 4.79 Å². The molecule has 0 bridgehead atoms. The number of aromatic carboxylic acids is 1. The zero-order valence-electron chi connectivity index (χ0n) is 12.6. The van der Waals surface area contributed by atoms with Gasteiger partial charge in [0.15, 0.2) is 0 Å². The lowest BCUT2D eigenvalue weighted by atomic mass is 10.2. The first-order chi connectivity index (χ1) is 10.0. The molecular formula is C16H23NO4. The van der Waals surface area contributed by atoms with Crippen molar-refractivity contribution in [2.45, 2.75) is 32.5 Å². The molecule has 5 nitrogen and oxygen atoms in total. The van der Waals surface area contributed by atoms with Gasteiger partial charge in [0.05, 0.1) is 24.4 Å². The van der Waals surface area contributed by atoms with Crippen molar-refractivity contribution in [1.29, 1.82) is 0 Å². The molecule has 0 aliphatic carbocycles. The van der Waals surface area contributed by atoms with Crippen LogP contribution in [-0.4, -0.2) is 54.4 Å². The Hall–Kier alpha value is -1.59. The second kappa shape index (κ2) is 7.43. The molecule has 1 fully saturated rings. The van der Waals surface area contributed by atoms with E-state index in [2.05, 4.69) is 18.7 Å². The van der Waals surface area contributed by atoms with E-state index in [4.69, 9.17) is 14.6 Å². The molecule has 0 radical (unpaired) electrons. The molecule has 1 aliphatic rings. The largest absolute Gasteiger partial charge is 0.494 e. The molecule has 1 saturated heterocycles. The first-order valence-corrected chi connectivity index (χ1v) is 7.38. The number of nitrogens with zero attached hydrogens (tertiary/aromatic N) is 1. The Bertz CT molecular complexity index is 450. The number of hydrogen-bond acceptors (Lipinski definition) is 4. The summed E-state index contributed by atoms with van der Waals surface area (Å²) >= 11 is 0. The Kier molecular flexibility index (Phi) is 5.59. The fraction of sp³-hybridized carbons (Fsp3) is 0.562. The van der Waals surface area contributed by atoms with Gasteiger partial charge >= 0.3 is 5.97 Å². The number of morpholine rings is 1. The van der Waals surface area contributed by atoms with Gasteiger partial charge in [-0.15, -0.1) is 0 Å². The molecule has 0 spiro atoms. The van der Waals surface area contributed by atoms with Crippen LogP contribution in [0.15, 0.2) is 24.3 Å². The Morgan fingerprint density at radius 3 is 2.48 bits per heavy atom. The molecule has 1 heterocycles. The molecule has 1 aromatic carbocycles. The maximum Gasteiger partial charge on any atom is 0.335 e. The summed E-state index contributed by atoms with van der Waals surface area (Å²) in [5.41, 5.74) is 0.277. The van der Waals surface area contributed by atoms with Crippen LogP contribution in [0.5, 0.6) is 5.75 Å². The van der Waals surface area contributed by atoms with E-state index in [1.807, 2.05) is 0 Å². The molecule has 0 amide bonds. The third-order valence-electron chi connectivity index (χ3n) is 3.48. The number of carbonyl (C=O) groups is 1. The molecule has 0 unspecified atom stereocenters. The third kappa shape index (κ3) is 5.02. The Balaban J connectivity index is 1.68. The van der Waals surface area contributed by atoms with Crippen LogP contribution in [0.4, 0.5) is 0 Å². The molecule has 0 aromatic heterocycles. The van der Waals surface area contributed by atoms with Gasteiger partial charge in [-0.3, -0.25) is 4.90 Å². The standard InChI is InChI=1S/C16H23NO4/c1-12-10-17(11-13(2)21-12)8-3-9-20-15-6-4-14(5-7-15)16(18)19/h4-7,12-13H,3,8-11H2,1-2H3,(H,18,19)/t12-,13+. The molecule has 2 atom stereocenters. The fourth-order valence-corrected chi connectivity index (χ4v) is 2.64. The smallest absolute Gasteiger partial charge is 0.335 e. The van der Waals surface area contributed by atoms with Crippen molar-refractivity contribution in [3.63, 3.8) is 0 Å². The summed E-state index contributed by atoms with van der Waals surface area (Å²) in [5.74, 6) is -0.208. The van der Waals surface area contributed by atoms with Crippen LogP contribution in [0.1, 0.15) is 30.6 Å². The highest BCUT2D eigenvalue weighted by atomic mass is 16.5. The van der Waals surface area contributed by atoms with Gasteiger partial charge in [-0.1, -0.05) is 0 Å². The number of carboxylic acids is 1. The number of ether oxygens (including phenoxy) is 2. The monoisotopic (exact) mass is 293 g/mol. The second-order valence-electron chi connectivity index (χ2n) is 5.55. The lowest BCUT2D eigenvalue weighted by molar-refractivity contribution is -0.0686. The SMILES string of the molecule is C[C@@H]1CN(CCCOc2ccc(C(=O)O)cc2)C[C@H](C)O1. The van der Waals surface area contributed by atoms with E-state index in [1.165, 1.54) is 0 Å². The summed E-state index contributed by atoms with van der Waals surface area (Å²) in [6, 6.07) is 6.51. The van der Waals surface area contributed by atoms with Gasteiger partial charge in [0.1, 0.15) is 5.75 Å². The van der Waals surface area contributed by atoms with Crippen LogP contribution >= 0.6 is 0 Å². The molecule has 5 heteroatoms. The van der Waals surface area contributed by atoms with E-state index in [1.54, 1.807) is 24.3 Å². The van der Waals surface area contributed by atoms with Gasteiger partial charge in [-0.25, -0.2) is 4.79 Å². The minimum Gasteiger partial charge on any atom is -0.494 e. The van der Waals surface area contributed by atoms with Crippen molar-refractivity contribution >= 4 is 5.97 Å². The number of hydrogen-bond donors (Lipinski definition) is 1.